The van der Waals surface area contributed by atoms with Gasteiger partial charge in [0.2, 0.25) is 0 Å². The summed E-state index contributed by atoms with van der Waals surface area (Å²) in [4.78, 5) is 12.9. The van der Waals surface area contributed by atoms with Crippen LogP contribution in [0.25, 0.3) is 0 Å². The van der Waals surface area contributed by atoms with E-state index >= 15 is 0 Å². The Morgan fingerprint density at radius 2 is 1.78 bits per heavy atom. The Morgan fingerprint density at radius 1 is 1.07 bits per heavy atom. The molecule has 1 heterocycles. The lowest BCUT2D eigenvalue weighted by atomic mass is 9.99. The third-order valence-electron chi connectivity index (χ3n) is 4.66. The van der Waals surface area contributed by atoms with Gasteiger partial charge in [-0.15, -0.1) is 12.4 Å². The van der Waals surface area contributed by atoms with Crippen molar-refractivity contribution in [3.05, 3.63) is 65.7 Å². The number of carbonyl (C=O) groups is 1. The lowest BCUT2D eigenvalue weighted by Crippen LogP contribution is -2.38. The summed E-state index contributed by atoms with van der Waals surface area (Å²) in [7, 11) is -3.49. The van der Waals surface area contributed by atoms with Crippen molar-refractivity contribution >= 4 is 28.2 Å². The molecule has 1 atom stereocenters. The minimum absolute atomic E-state index is 0. The molecular formula is C20H25ClN2O3S. The molecule has 2 aromatic carbocycles. The van der Waals surface area contributed by atoms with Gasteiger partial charge in [0.1, 0.15) is 0 Å². The van der Waals surface area contributed by atoms with Gasteiger partial charge in [-0.25, -0.2) is 8.42 Å². The maximum atomic E-state index is 12.6. The lowest BCUT2D eigenvalue weighted by Gasteiger charge is -2.23. The minimum atomic E-state index is -3.49. The molecule has 0 radical (unpaired) electrons. The summed E-state index contributed by atoms with van der Waals surface area (Å²) in [5.74, 6) is 0.0216. The molecule has 1 unspecified atom stereocenters. The first-order valence-electron chi connectivity index (χ1n) is 8.91. The molecule has 146 valence electrons. The summed E-state index contributed by atoms with van der Waals surface area (Å²) < 4.78 is 25.3. The molecule has 0 spiro atoms. The van der Waals surface area contributed by atoms with Crippen LogP contribution in [-0.2, 0) is 15.6 Å². The van der Waals surface area contributed by atoms with Crippen LogP contribution in [0.2, 0.25) is 0 Å². The Hall–Kier alpha value is -1.89. The fraction of sp³-hybridized carbons (Fsp3) is 0.350. The van der Waals surface area contributed by atoms with Crippen LogP contribution in [0, 0.1) is 5.92 Å². The fourth-order valence-electron chi connectivity index (χ4n) is 3.21. The minimum Gasteiger partial charge on any atom is -0.352 e. The van der Waals surface area contributed by atoms with E-state index in [0.717, 1.165) is 25.9 Å². The molecule has 2 N–H and O–H groups in total. The van der Waals surface area contributed by atoms with Crippen molar-refractivity contribution in [1.29, 1.82) is 0 Å². The molecule has 2 aromatic rings. The highest BCUT2D eigenvalue weighted by Gasteiger charge is 2.20. The van der Waals surface area contributed by atoms with Crippen molar-refractivity contribution in [2.45, 2.75) is 23.5 Å². The Labute approximate surface area is 166 Å². The Morgan fingerprint density at radius 3 is 2.48 bits per heavy atom. The molecule has 1 fully saturated rings. The van der Waals surface area contributed by atoms with E-state index in [1.54, 1.807) is 54.6 Å². The van der Waals surface area contributed by atoms with Gasteiger partial charge in [-0.2, -0.15) is 0 Å². The van der Waals surface area contributed by atoms with E-state index in [4.69, 9.17) is 0 Å². The monoisotopic (exact) mass is 408 g/mol. The first-order chi connectivity index (χ1) is 12.6. The SMILES string of the molecule is Cl.O=C(NCC1CCCNC1)c1ccccc1CS(=O)(=O)c1ccccc1. The van der Waals surface area contributed by atoms with Gasteiger partial charge in [-0.1, -0.05) is 36.4 Å². The lowest BCUT2D eigenvalue weighted by molar-refractivity contribution is 0.0944. The molecular weight excluding hydrogens is 384 g/mol. The predicted octanol–water partition coefficient (Wildman–Crippen LogP) is 2.81. The highest BCUT2D eigenvalue weighted by molar-refractivity contribution is 7.90. The van der Waals surface area contributed by atoms with Crippen LogP contribution >= 0.6 is 12.4 Å². The second-order valence-corrected chi connectivity index (χ2v) is 8.64. The van der Waals surface area contributed by atoms with Gasteiger partial charge >= 0.3 is 0 Å². The third kappa shape index (κ3) is 5.79. The van der Waals surface area contributed by atoms with Gasteiger partial charge in [-0.05, 0) is 55.6 Å². The molecule has 0 aliphatic carbocycles. The average molecular weight is 409 g/mol. The van der Waals surface area contributed by atoms with Gasteiger partial charge in [0.05, 0.1) is 10.6 Å². The maximum absolute atomic E-state index is 12.6. The highest BCUT2D eigenvalue weighted by Crippen LogP contribution is 2.19. The van der Waals surface area contributed by atoms with Crippen LogP contribution in [-0.4, -0.2) is 34.0 Å². The van der Waals surface area contributed by atoms with Crippen LogP contribution < -0.4 is 10.6 Å². The van der Waals surface area contributed by atoms with Crippen LogP contribution in [0.1, 0.15) is 28.8 Å². The van der Waals surface area contributed by atoms with Crippen LogP contribution in [0.5, 0.6) is 0 Å². The molecule has 1 amide bonds. The smallest absolute Gasteiger partial charge is 0.251 e. The van der Waals surface area contributed by atoms with Crippen LogP contribution in [0.15, 0.2) is 59.5 Å². The van der Waals surface area contributed by atoms with Crippen LogP contribution in [0.3, 0.4) is 0 Å². The molecule has 5 nitrogen and oxygen atoms in total. The van der Waals surface area contributed by atoms with Gasteiger partial charge in [0.15, 0.2) is 9.84 Å². The predicted molar refractivity (Wildman–Crippen MR) is 109 cm³/mol. The van der Waals surface area contributed by atoms with Gasteiger partial charge in [0, 0.05) is 12.1 Å². The quantitative estimate of drug-likeness (QED) is 0.770. The summed E-state index contributed by atoms with van der Waals surface area (Å²) >= 11 is 0. The zero-order valence-corrected chi connectivity index (χ0v) is 16.7. The summed E-state index contributed by atoms with van der Waals surface area (Å²) in [6, 6.07) is 15.2. The Kier molecular flexibility index (Phi) is 7.83. The molecule has 3 rings (SSSR count). The third-order valence-corrected chi connectivity index (χ3v) is 6.34. The zero-order valence-electron chi connectivity index (χ0n) is 15.1. The number of hydrogen-bond donors (Lipinski definition) is 2. The normalized spacial score (nSPS) is 17.0. The van der Waals surface area contributed by atoms with E-state index in [1.807, 2.05) is 0 Å². The van der Waals surface area contributed by atoms with Crippen molar-refractivity contribution in [1.82, 2.24) is 10.6 Å². The first kappa shape index (κ1) is 21.4. The summed E-state index contributed by atoms with van der Waals surface area (Å²) in [5, 5.41) is 6.29. The molecule has 1 aliphatic heterocycles. The van der Waals surface area contributed by atoms with E-state index in [0.29, 0.717) is 23.6 Å². The number of halogens is 1. The second kappa shape index (κ2) is 9.88. The van der Waals surface area contributed by atoms with E-state index in [1.165, 1.54) is 0 Å². The number of carbonyl (C=O) groups excluding carboxylic acids is 1. The van der Waals surface area contributed by atoms with Crippen molar-refractivity contribution in [2.75, 3.05) is 19.6 Å². The van der Waals surface area contributed by atoms with E-state index in [9.17, 15) is 13.2 Å². The van der Waals surface area contributed by atoms with Crippen molar-refractivity contribution in [2.24, 2.45) is 5.92 Å². The van der Waals surface area contributed by atoms with Crippen LogP contribution in [0.4, 0.5) is 0 Å². The number of hydrogen-bond acceptors (Lipinski definition) is 4. The molecule has 1 saturated heterocycles. The standard InChI is InChI=1S/C20H24N2O3S.ClH/c23-20(22-14-16-7-6-12-21-13-16)19-11-5-4-8-17(19)15-26(24,25)18-9-2-1-3-10-18;/h1-5,8-11,16,21H,6-7,12-15H2,(H,22,23);1H. The van der Waals surface area contributed by atoms with Gasteiger partial charge < -0.3 is 10.6 Å². The van der Waals surface area contributed by atoms with Gasteiger partial charge in [0.25, 0.3) is 5.91 Å². The fourth-order valence-corrected chi connectivity index (χ4v) is 4.61. The molecule has 1 aliphatic rings. The number of nitrogens with one attached hydrogen (secondary N) is 2. The Bertz CT molecular complexity index is 851. The number of sulfone groups is 1. The average Bonchev–Trinajstić information content (AvgIpc) is 2.68. The largest absolute Gasteiger partial charge is 0.352 e. The number of amides is 1. The number of piperidine rings is 1. The summed E-state index contributed by atoms with van der Waals surface area (Å²) in [5.41, 5.74) is 0.950. The molecule has 0 saturated carbocycles. The highest BCUT2D eigenvalue weighted by atomic mass is 35.5. The molecule has 7 heteroatoms. The second-order valence-electron chi connectivity index (χ2n) is 6.65. The Balaban J connectivity index is 0.00000261. The van der Waals surface area contributed by atoms with Crippen molar-refractivity contribution in [3.8, 4) is 0 Å². The summed E-state index contributed by atoms with van der Waals surface area (Å²) in [6.07, 6.45) is 2.21. The van der Waals surface area contributed by atoms with Gasteiger partial charge in [-0.3, -0.25) is 4.79 Å². The zero-order chi connectivity index (χ0) is 18.4. The van der Waals surface area contributed by atoms with E-state index < -0.39 is 9.84 Å². The number of rotatable bonds is 6. The number of benzene rings is 2. The maximum Gasteiger partial charge on any atom is 0.251 e. The van der Waals surface area contributed by atoms with Crippen molar-refractivity contribution in [3.63, 3.8) is 0 Å². The van der Waals surface area contributed by atoms with Crippen molar-refractivity contribution < 1.29 is 13.2 Å². The van der Waals surface area contributed by atoms with E-state index in [-0.39, 0.29) is 29.0 Å². The molecule has 0 bridgehead atoms. The molecule has 27 heavy (non-hydrogen) atoms. The molecule has 0 aromatic heterocycles. The first-order valence-corrected chi connectivity index (χ1v) is 10.6. The van der Waals surface area contributed by atoms with E-state index in [2.05, 4.69) is 10.6 Å². The topological polar surface area (TPSA) is 75.3 Å². The summed E-state index contributed by atoms with van der Waals surface area (Å²) in [6.45, 7) is 2.54.